The van der Waals surface area contributed by atoms with Gasteiger partial charge in [-0.25, -0.2) is 0 Å². The second-order valence-corrected chi connectivity index (χ2v) is 6.98. The maximum Gasteiger partial charge on any atom is 0.261 e. The van der Waals surface area contributed by atoms with Crippen LogP contribution in [0.5, 0.6) is 5.75 Å². The molecule has 1 unspecified atom stereocenters. The maximum absolute atomic E-state index is 12.2. The average molecular weight is 409 g/mol. The Labute approximate surface area is 136 Å². The summed E-state index contributed by atoms with van der Waals surface area (Å²) in [7, 11) is 0. The SMILES string of the molecule is CCC(Oc1cc(Br)cc(Br)c1)C(=O)NC(C)(C)CO. The molecule has 0 saturated carbocycles. The molecule has 1 rings (SSSR count). The highest BCUT2D eigenvalue weighted by Crippen LogP contribution is 2.26. The van der Waals surface area contributed by atoms with Crippen LogP contribution in [0.1, 0.15) is 27.2 Å². The molecule has 0 aliphatic carbocycles. The van der Waals surface area contributed by atoms with E-state index in [0.717, 1.165) is 8.95 Å². The van der Waals surface area contributed by atoms with Gasteiger partial charge in [0.05, 0.1) is 12.1 Å². The Balaban J connectivity index is 2.78. The quantitative estimate of drug-likeness (QED) is 0.759. The smallest absolute Gasteiger partial charge is 0.261 e. The van der Waals surface area contributed by atoms with Crippen molar-refractivity contribution in [2.24, 2.45) is 0 Å². The second-order valence-electron chi connectivity index (χ2n) is 5.15. The molecule has 2 N–H and O–H groups in total. The Hall–Kier alpha value is -0.590. The zero-order valence-electron chi connectivity index (χ0n) is 11.7. The molecule has 6 heteroatoms. The van der Waals surface area contributed by atoms with Crippen molar-refractivity contribution in [3.63, 3.8) is 0 Å². The number of hydrogen-bond acceptors (Lipinski definition) is 3. The standard InChI is InChI=1S/C14H19Br2NO3/c1-4-12(13(19)17-14(2,3)8-18)20-11-6-9(15)5-10(16)7-11/h5-7,12,18H,4,8H2,1-3H3,(H,17,19). The number of amides is 1. The van der Waals surface area contributed by atoms with Gasteiger partial charge in [0, 0.05) is 8.95 Å². The Morgan fingerprint density at radius 1 is 1.35 bits per heavy atom. The van der Waals surface area contributed by atoms with Gasteiger partial charge in [-0.15, -0.1) is 0 Å². The summed E-state index contributed by atoms with van der Waals surface area (Å²) >= 11 is 6.76. The molecule has 0 aromatic heterocycles. The number of benzene rings is 1. The number of hydrogen-bond donors (Lipinski definition) is 2. The van der Waals surface area contributed by atoms with E-state index < -0.39 is 11.6 Å². The van der Waals surface area contributed by atoms with Crippen LogP contribution >= 0.6 is 31.9 Å². The minimum atomic E-state index is -0.661. The van der Waals surface area contributed by atoms with E-state index in [2.05, 4.69) is 37.2 Å². The molecular weight excluding hydrogens is 390 g/mol. The molecule has 20 heavy (non-hydrogen) atoms. The van der Waals surface area contributed by atoms with Crippen LogP contribution < -0.4 is 10.1 Å². The van der Waals surface area contributed by atoms with Crippen molar-refractivity contribution in [2.75, 3.05) is 6.61 Å². The molecular formula is C14H19Br2NO3. The average Bonchev–Trinajstić information content (AvgIpc) is 2.34. The first kappa shape index (κ1) is 17.5. The molecule has 0 aliphatic heterocycles. The fourth-order valence-electron chi connectivity index (χ4n) is 1.54. The fraction of sp³-hybridized carbons (Fsp3) is 0.500. The molecule has 4 nitrogen and oxygen atoms in total. The van der Waals surface area contributed by atoms with E-state index in [1.807, 2.05) is 13.0 Å². The largest absolute Gasteiger partial charge is 0.481 e. The summed E-state index contributed by atoms with van der Waals surface area (Å²) in [6, 6.07) is 5.50. The van der Waals surface area contributed by atoms with Gasteiger partial charge in [-0.05, 0) is 38.5 Å². The van der Waals surface area contributed by atoms with Gasteiger partial charge in [0.1, 0.15) is 5.75 Å². The zero-order valence-corrected chi connectivity index (χ0v) is 14.9. The number of nitrogens with one attached hydrogen (secondary N) is 1. The molecule has 112 valence electrons. The zero-order chi connectivity index (χ0) is 15.3. The monoisotopic (exact) mass is 407 g/mol. The van der Waals surface area contributed by atoms with Crippen LogP contribution in [-0.4, -0.2) is 29.3 Å². The fourth-order valence-corrected chi connectivity index (χ4v) is 2.79. The summed E-state index contributed by atoms with van der Waals surface area (Å²) in [5.41, 5.74) is -0.661. The summed E-state index contributed by atoms with van der Waals surface area (Å²) < 4.78 is 7.46. The highest BCUT2D eigenvalue weighted by atomic mass is 79.9. The van der Waals surface area contributed by atoms with Crippen LogP contribution in [0.15, 0.2) is 27.1 Å². The van der Waals surface area contributed by atoms with Gasteiger partial charge >= 0.3 is 0 Å². The van der Waals surface area contributed by atoms with Gasteiger partial charge in [-0.3, -0.25) is 4.79 Å². The number of halogens is 2. The molecule has 0 aliphatic rings. The Kier molecular flexibility index (Phi) is 6.48. The molecule has 0 radical (unpaired) electrons. The van der Waals surface area contributed by atoms with Gasteiger partial charge in [0.15, 0.2) is 6.10 Å². The number of aliphatic hydroxyl groups is 1. The van der Waals surface area contributed by atoms with Gasteiger partial charge < -0.3 is 15.2 Å². The third kappa shape index (κ3) is 5.42. The van der Waals surface area contributed by atoms with E-state index in [1.54, 1.807) is 26.0 Å². The van der Waals surface area contributed by atoms with Crippen LogP contribution in [0.25, 0.3) is 0 Å². The summed E-state index contributed by atoms with van der Waals surface area (Å²) in [6.07, 6.45) is -0.0562. The molecule has 1 amide bonds. The number of ether oxygens (including phenoxy) is 1. The van der Waals surface area contributed by atoms with Gasteiger partial charge in [-0.1, -0.05) is 38.8 Å². The summed E-state index contributed by atoms with van der Waals surface area (Å²) in [4.78, 5) is 12.2. The second kappa shape index (κ2) is 7.43. The lowest BCUT2D eigenvalue weighted by atomic mass is 10.1. The van der Waals surface area contributed by atoms with E-state index in [0.29, 0.717) is 12.2 Å². The van der Waals surface area contributed by atoms with Crippen LogP contribution in [0.4, 0.5) is 0 Å². The van der Waals surface area contributed by atoms with E-state index in [-0.39, 0.29) is 12.5 Å². The van der Waals surface area contributed by atoms with Crippen LogP contribution in [0.2, 0.25) is 0 Å². The molecule has 1 aromatic rings. The van der Waals surface area contributed by atoms with Crippen molar-refractivity contribution in [3.8, 4) is 5.75 Å². The minimum Gasteiger partial charge on any atom is -0.481 e. The first-order valence-electron chi connectivity index (χ1n) is 6.33. The summed E-state index contributed by atoms with van der Waals surface area (Å²) in [5.74, 6) is 0.373. The Bertz CT molecular complexity index is 457. The van der Waals surface area contributed by atoms with E-state index in [9.17, 15) is 9.90 Å². The number of carbonyl (C=O) groups is 1. The van der Waals surface area contributed by atoms with Crippen molar-refractivity contribution >= 4 is 37.8 Å². The van der Waals surface area contributed by atoms with Gasteiger partial charge in [-0.2, -0.15) is 0 Å². The van der Waals surface area contributed by atoms with Crippen LogP contribution in [0, 0.1) is 0 Å². The Morgan fingerprint density at radius 2 is 1.90 bits per heavy atom. The molecule has 0 saturated heterocycles. The molecule has 0 fully saturated rings. The third-order valence-corrected chi connectivity index (χ3v) is 3.55. The lowest BCUT2D eigenvalue weighted by Gasteiger charge is -2.26. The lowest BCUT2D eigenvalue weighted by molar-refractivity contribution is -0.130. The van der Waals surface area contributed by atoms with Crippen molar-refractivity contribution in [1.82, 2.24) is 5.32 Å². The third-order valence-electron chi connectivity index (χ3n) is 2.63. The van der Waals surface area contributed by atoms with Crippen LogP contribution in [-0.2, 0) is 4.79 Å². The van der Waals surface area contributed by atoms with Crippen molar-refractivity contribution in [2.45, 2.75) is 38.8 Å². The molecule has 0 spiro atoms. The highest BCUT2D eigenvalue weighted by Gasteiger charge is 2.25. The molecule has 1 atom stereocenters. The first-order chi connectivity index (χ1) is 9.27. The first-order valence-corrected chi connectivity index (χ1v) is 7.91. The maximum atomic E-state index is 12.2. The molecule has 0 bridgehead atoms. The lowest BCUT2D eigenvalue weighted by Crippen LogP contribution is -2.51. The van der Waals surface area contributed by atoms with Crippen molar-refractivity contribution in [3.05, 3.63) is 27.1 Å². The molecule has 1 aromatic carbocycles. The Morgan fingerprint density at radius 3 is 2.35 bits per heavy atom. The van der Waals surface area contributed by atoms with Gasteiger partial charge in [0.25, 0.3) is 5.91 Å². The minimum absolute atomic E-state index is 0.127. The van der Waals surface area contributed by atoms with Crippen LogP contribution in [0.3, 0.4) is 0 Å². The predicted octanol–water partition coefficient (Wildman–Crippen LogP) is 3.26. The highest BCUT2D eigenvalue weighted by molar-refractivity contribution is 9.11. The van der Waals surface area contributed by atoms with E-state index in [1.165, 1.54) is 0 Å². The number of carbonyl (C=O) groups excluding carboxylic acids is 1. The normalized spacial score (nSPS) is 12.9. The van der Waals surface area contributed by atoms with E-state index in [4.69, 9.17) is 4.74 Å². The number of aliphatic hydroxyl groups excluding tert-OH is 1. The summed E-state index contributed by atoms with van der Waals surface area (Å²) in [5, 5.41) is 12.0. The topological polar surface area (TPSA) is 58.6 Å². The predicted molar refractivity (Wildman–Crippen MR) is 85.9 cm³/mol. The number of rotatable bonds is 6. The van der Waals surface area contributed by atoms with E-state index >= 15 is 0 Å². The summed E-state index contributed by atoms with van der Waals surface area (Å²) in [6.45, 7) is 5.27. The van der Waals surface area contributed by atoms with Crippen molar-refractivity contribution in [1.29, 1.82) is 0 Å². The van der Waals surface area contributed by atoms with Gasteiger partial charge in [0.2, 0.25) is 0 Å². The molecule has 0 heterocycles. The van der Waals surface area contributed by atoms with Crippen molar-refractivity contribution < 1.29 is 14.6 Å².